The molecule has 0 radical (unpaired) electrons. The minimum atomic E-state index is -0.133. The van der Waals surface area contributed by atoms with Crippen LogP contribution in [0.15, 0.2) is 0 Å². The maximum absolute atomic E-state index is 9.38. The Labute approximate surface area is 87.5 Å². The molecule has 0 aromatic carbocycles. The van der Waals surface area contributed by atoms with E-state index in [0.717, 1.165) is 23.8 Å². The van der Waals surface area contributed by atoms with Gasteiger partial charge in [-0.25, -0.2) is 4.98 Å². The molecule has 1 aromatic heterocycles. The molecule has 0 saturated heterocycles. The Hall–Kier alpha value is -0.680. The molecule has 4 nitrogen and oxygen atoms in total. The first-order valence-electron chi connectivity index (χ1n) is 4.93. The number of anilines is 1. The number of nitrogens with one attached hydrogen (secondary N) is 1. The Morgan fingerprint density at radius 1 is 1.50 bits per heavy atom. The molecule has 78 valence electrons. The van der Waals surface area contributed by atoms with Gasteiger partial charge in [0.1, 0.15) is 5.82 Å². The average molecular weight is 213 g/mol. The molecule has 0 bridgehead atoms. The number of aliphatic hydroxyl groups is 1. The van der Waals surface area contributed by atoms with Crippen LogP contribution in [-0.2, 0) is 0 Å². The summed E-state index contributed by atoms with van der Waals surface area (Å²) < 4.78 is 4.11. The van der Waals surface area contributed by atoms with Crippen LogP contribution in [0.5, 0.6) is 0 Å². The van der Waals surface area contributed by atoms with Crippen LogP contribution in [-0.4, -0.2) is 26.6 Å². The normalized spacial score (nSPS) is 19.9. The second-order valence-electron chi connectivity index (χ2n) is 3.92. The Morgan fingerprint density at radius 3 is 2.71 bits per heavy atom. The topological polar surface area (TPSA) is 58.0 Å². The molecule has 0 atom stereocenters. The largest absolute Gasteiger partial charge is 0.394 e. The third-order valence-corrected chi connectivity index (χ3v) is 3.48. The Kier molecular flexibility index (Phi) is 2.69. The predicted molar refractivity (Wildman–Crippen MR) is 56.6 cm³/mol. The molecule has 1 aliphatic carbocycles. The van der Waals surface area contributed by atoms with E-state index in [4.69, 9.17) is 0 Å². The van der Waals surface area contributed by atoms with Gasteiger partial charge in [-0.05, 0) is 19.8 Å². The van der Waals surface area contributed by atoms with Crippen molar-refractivity contribution >= 4 is 16.7 Å². The van der Waals surface area contributed by atoms with Gasteiger partial charge >= 0.3 is 0 Å². The summed E-state index contributed by atoms with van der Waals surface area (Å²) in [6, 6.07) is 0. The van der Waals surface area contributed by atoms with Crippen LogP contribution < -0.4 is 5.32 Å². The number of rotatable bonds is 3. The molecule has 14 heavy (non-hydrogen) atoms. The van der Waals surface area contributed by atoms with Crippen molar-refractivity contribution in [1.29, 1.82) is 0 Å². The highest BCUT2D eigenvalue weighted by Gasteiger charge is 2.33. The van der Waals surface area contributed by atoms with Crippen LogP contribution >= 0.6 is 11.5 Å². The molecule has 5 heteroatoms. The van der Waals surface area contributed by atoms with Crippen molar-refractivity contribution in [1.82, 2.24) is 9.36 Å². The van der Waals surface area contributed by atoms with Gasteiger partial charge in [-0.1, -0.05) is 12.8 Å². The second-order valence-corrected chi connectivity index (χ2v) is 4.67. The fourth-order valence-corrected chi connectivity index (χ4v) is 2.64. The van der Waals surface area contributed by atoms with E-state index >= 15 is 0 Å². The van der Waals surface area contributed by atoms with Gasteiger partial charge in [0.2, 0.25) is 5.13 Å². The van der Waals surface area contributed by atoms with Gasteiger partial charge in [0.25, 0.3) is 0 Å². The summed E-state index contributed by atoms with van der Waals surface area (Å²) in [5, 5.41) is 13.5. The van der Waals surface area contributed by atoms with Gasteiger partial charge in [-0.3, -0.25) is 0 Å². The second kappa shape index (κ2) is 3.82. The highest BCUT2D eigenvalue weighted by molar-refractivity contribution is 7.09. The van der Waals surface area contributed by atoms with Crippen molar-refractivity contribution in [3.05, 3.63) is 5.82 Å². The molecule has 0 aliphatic heterocycles. The highest BCUT2D eigenvalue weighted by Crippen LogP contribution is 2.32. The third kappa shape index (κ3) is 1.88. The van der Waals surface area contributed by atoms with Gasteiger partial charge in [-0.15, -0.1) is 0 Å². The smallest absolute Gasteiger partial charge is 0.203 e. The van der Waals surface area contributed by atoms with E-state index in [2.05, 4.69) is 14.7 Å². The molecule has 2 N–H and O–H groups in total. The zero-order valence-corrected chi connectivity index (χ0v) is 9.10. The molecule has 1 heterocycles. The minimum Gasteiger partial charge on any atom is -0.394 e. The summed E-state index contributed by atoms with van der Waals surface area (Å²) >= 11 is 1.37. The number of aromatic nitrogens is 2. The number of aryl methyl sites for hydroxylation is 1. The van der Waals surface area contributed by atoms with Gasteiger partial charge in [0.05, 0.1) is 12.1 Å². The van der Waals surface area contributed by atoms with Crippen LogP contribution in [0.2, 0.25) is 0 Å². The number of hydrogen-bond acceptors (Lipinski definition) is 5. The zero-order chi connectivity index (χ0) is 10.0. The van der Waals surface area contributed by atoms with E-state index in [1.807, 2.05) is 6.92 Å². The van der Waals surface area contributed by atoms with E-state index in [9.17, 15) is 5.11 Å². The molecule has 2 rings (SSSR count). The Balaban J connectivity index is 2.08. The van der Waals surface area contributed by atoms with E-state index < -0.39 is 0 Å². The van der Waals surface area contributed by atoms with Gasteiger partial charge < -0.3 is 10.4 Å². The maximum atomic E-state index is 9.38. The van der Waals surface area contributed by atoms with Crippen molar-refractivity contribution < 1.29 is 5.11 Å². The first-order valence-corrected chi connectivity index (χ1v) is 5.71. The van der Waals surface area contributed by atoms with Crippen molar-refractivity contribution in [3.8, 4) is 0 Å². The van der Waals surface area contributed by atoms with Gasteiger partial charge in [0, 0.05) is 11.5 Å². The predicted octanol–water partition coefficient (Wildman–Crippen LogP) is 1.56. The molecular weight excluding hydrogens is 198 g/mol. The number of nitrogens with zero attached hydrogens (tertiary/aromatic N) is 2. The van der Waals surface area contributed by atoms with Gasteiger partial charge in [0.15, 0.2) is 0 Å². The van der Waals surface area contributed by atoms with Crippen LogP contribution in [0.4, 0.5) is 5.13 Å². The van der Waals surface area contributed by atoms with Crippen LogP contribution in [0.1, 0.15) is 31.5 Å². The molecule has 0 unspecified atom stereocenters. The molecule has 1 fully saturated rings. The fourth-order valence-electron chi connectivity index (χ4n) is 1.95. The van der Waals surface area contributed by atoms with Crippen molar-refractivity contribution in [2.24, 2.45) is 0 Å². The standard InChI is InChI=1S/C9H15N3OS/c1-7-10-8(14-12-7)11-9(6-13)4-2-3-5-9/h13H,2-6H2,1H3,(H,10,11,12). The van der Waals surface area contributed by atoms with E-state index in [0.29, 0.717) is 0 Å². The van der Waals surface area contributed by atoms with E-state index in [1.54, 1.807) is 0 Å². The molecule has 1 saturated carbocycles. The highest BCUT2D eigenvalue weighted by atomic mass is 32.1. The summed E-state index contributed by atoms with van der Waals surface area (Å²) in [4.78, 5) is 4.25. The van der Waals surface area contributed by atoms with Crippen molar-refractivity contribution in [2.45, 2.75) is 38.1 Å². The van der Waals surface area contributed by atoms with Crippen LogP contribution in [0, 0.1) is 6.92 Å². The van der Waals surface area contributed by atoms with E-state index in [-0.39, 0.29) is 12.1 Å². The zero-order valence-electron chi connectivity index (χ0n) is 8.29. The summed E-state index contributed by atoms with van der Waals surface area (Å²) in [7, 11) is 0. The molecule has 1 aromatic rings. The lowest BCUT2D eigenvalue weighted by atomic mass is 10.00. The lowest BCUT2D eigenvalue weighted by Gasteiger charge is -2.27. The Morgan fingerprint density at radius 2 is 2.21 bits per heavy atom. The van der Waals surface area contributed by atoms with Crippen LogP contribution in [0.3, 0.4) is 0 Å². The molecule has 1 aliphatic rings. The van der Waals surface area contributed by atoms with Gasteiger partial charge in [-0.2, -0.15) is 4.37 Å². The van der Waals surface area contributed by atoms with Crippen molar-refractivity contribution in [2.75, 3.05) is 11.9 Å². The average Bonchev–Trinajstić information content (AvgIpc) is 2.77. The SMILES string of the molecule is Cc1nsc(NC2(CO)CCCC2)n1. The number of aliphatic hydroxyl groups excluding tert-OH is 1. The summed E-state index contributed by atoms with van der Waals surface area (Å²) in [6.45, 7) is 2.06. The maximum Gasteiger partial charge on any atom is 0.203 e. The van der Waals surface area contributed by atoms with Crippen molar-refractivity contribution in [3.63, 3.8) is 0 Å². The first-order chi connectivity index (χ1) is 6.74. The van der Waals surface area contributed by atoms with Crippen LogP contribution in [0.25, 0.3) is 0 Å². The Bertz CT molecular complexity index is 307. The monoisotopic (exact) mass is 213 g/mol. The molecule has 0 amide bonds. The third-order valence-electron chi connectivity index (χ3n) is 2.76. The number of hydrogen-bond donors (Lipinski definition) is 2. The fraction of sp³-hybridized carbons (Fsp3) is 0.778. The minimum absolute atomic E-state index is 0.133. The lowest BCUT2D eigenvalue weighted by Crippen LogP contribution is -2.38. The molecular formula is C9H15N3OS. The van der Waals surface area contributed by atoms with E-state index in [1.165, 1.54) is 24.4 Å². The quantitative estimate of drug-likeness (QED) is 0.800. The summed E-state index contributed by atoms with van der Waals surface area (Å²) in [6.07, 6.45) is 4.43. The first kappa shape index (κ1) is 9.86. The molecule has 0 spiro atoms. The summed E-state index contributed by atoms with van der Waals surface area (Å²) in [5.74, 6) is 0.795. The lowest BCUT2D eigenvalue weighted by molar-refractivity contribution is 0.214. The summed E-state index contributed by atoms with van der Waals surface area (Å²) in [5.41, 5.74) is -0.133.